The Balaban J connectivity index is 1.94. The summed E-state index contributed by atoms with van der Waals surface area (Å²) in [6.45, 7) is 4.40. The van der Waals surface area contributed by atoms with Gasteiger partial charge in [-0.2, -0.15) is 0 Å². The minimum absolute atomic E-state index is 0.207. The summed E-state index contributed by atoms with van der Waals surface area (Å²) >= 11 is 1.62. The number of hydrogen-bond acceptors (Lipinski definition) is 4. The van der Waals surface area contributed by atoms with Crippen LogP contribution in [-0.2, 0) is 11.2 Å². The second-order valence-corrected chi connectivity index (χ2v) is 8.63. The van der Waals surface area contributed by atoms with Crippen LogP contribution in [0.2, 0.25) is 0 Å². The summed E-state index contributed by atoms with van der Waals surface area (Å²) in [6.07, 6.45) is 1.02. The fourth-order valence-corrected chi connectivity index (χ4v) is 4.26. The van der Waals surface area contributed by atoms with Gasteiger partial charge in [-0.25, -0.2) is 4.79 Å². The molecule has 0 aliphatic carbocycles. The van der Waals surface area contributed by atoms with Crippen molar-refractivity contribution in [3.63, 3.8) is 0 Å². The molecule has 2 atom stereocenters. The smallest absolute Gasteiger partial charge is 0.318 e. The van der Waals surface area contributed by atoms with Crippen molar-refractivity contribution in [1.29, 1.82) is 0 Å². The summed E-state index contributed by atoms with van der Waals surface area (Å²) < 4.78 is 0. The highest BCUT2D eigenvalue weighted by Crippen LogP contribution is 2.30. The maximum Gasteiger partial charge on any atom is 0.318 e. The topological polar surface area (TPSA) is 84.2 Å². The van der Waals surface area contributed by atoms with Gasteiger partial charge in [0.25, 0.3) is 0 Å². The zero-order valence-corrected chi connectivity index (χ0v) is 18.0. The molecule has 6 heteroatoms. The van der Waals surface area contributed by atoms with Crippen LogP contribution in [0.4, 0.5) is 4.79 Å². The molecule has 0 saturated carbocycles. The number of amides is 3. The van der Waals surface area contributed by atoms with Crippen molar-refractivity contribution in [3.05, 3.63) is 93.7 Å². The lowest BCUT2D eigenvalue weighted by Crippen LogP contribution is -2.44. The van der Waals surface area contributed by atoms with E-state index in [-0.39, 0.29) is 6.04 Å². The molecule has 0 radical (unpaired) electrons. The monoisotopic (exact) mass is 421 g/mol. The number of carbonyl (C=O) groups excluding carboxylic acids is 2. The van der Waals surface area contributed by atoms with E-state index in [0.29, 0.717) is 5.92 Å². The molecule has 0 aliphatic heterocycles. The highest BCUT2D eigenvalue weighted by molar-refractivity contribution is 7.10. The van der Waals surface area contributed by atoms with Crippen molar-refractivity contribution in [2.75, 3.05) is 0 Å². The van der Waals surface area contributed by atoms with Crippen LogP contribution >= 0.6 is 11.3 Å². The first-order chi connectivity index (χ1) is 14.4. The molecule has 5 nitrogen and oxygen atoms in total. The Kier molecular flexibility index (Phi) is 7.38. The number of thiophene rings is 1. The summed E-state index contributed by atoms with van der Waals surface area (Å²) in [6, 6.07) is 20.0. The van der Waals surface area contributed by atoms with Gasteiger partial charge in [0.15, 0.2) is 0 Å². The zero-order valence-electron chi connectivity index (χ0n) is 17.2. The maximum atomic E-state index is 12.8. The normalized spacial score (nSPS) is 13.0. The van der Waals surface area contributed by atoms with Crippen LogP contribution in [0.5, 0.6) is 0 Å². The van der Waals surface area contributed by atoms with E-state index >= 15 is 0 Å². The number of nitrogens with one attached hydrogen (secondary N) is 2. The summed E-state index contributed by atoms with van der Waals surface area (Å²) in [7, 11) is 0. The van der Waals surface area contributed by atoms with Crippen LogP contribution in [0.15, 0.2) is 72.1 Å². The number of nitrogens with two attached hydrogens (primary N) is 1. The van der Waals surface area contributed by atoms with E-state index in [1.807, 2.05) is 47.8 Å². The number of rotatable bonds is 8. The second kappa shape index (κ2) is 10.2. The third kappa shape index (κ3) is 5.78. The van der Waals surface area contributed by atoms with E-state index in [1.54, 1.807) is 11.3 Å². The third-order valence-corrected chi connectivity index (χ3v) is 5.70. The third-order valence-electron chi connectivity index (χ3n) is 4.76. The maximum absolute atomic E-state index is 12.8. The first kappa shape index (κ1) is 21.7. The van der Waals surface area contributed by atoms with E-state index in [2.05, 4.69) is 48.7 Å². The van der Waals surface area contributed by atoms with Gasteiger partial charge in [0.1, 0.15) is 6.04 Å². The van der Waals surface area contributed by atoms with Gasteiger partial charge in [0, 0.05) is 4.88 Å². The average molecular weight is 422 g/mol. The molecular weight excluding hydrogens is 394 g/mol. The van der Waals surface area contributed by atoms with Crippen LogP contribution in [0.25, 0.3) is 0 Å². The number of carbonyl (C=O) groups is 2. The molecule has 0 aliphatic rings. The fourth-order valence-electron chi connectivity index (χ4n) is 3.44. The summed E-state index contributed by atoms with van der Waals surface area (Å²) in [5.41, 5.74) is 8.30. The van der Waals surface area contributed by atoms with E-state index in [9.17, 15) is 9.59 Å². The van der Waals surface area contributed by atoms with E-state index in [1.165, 1.54) is 5.56 Å². The fraction of sp³-hybridized carbons (Fsp3) is 0.250. The number of hydrogen-bond donors (Lipinski definition) is 3. The SMILES string of the molecule is CC(C)Cc1ccc([C@H](N[C@H](C(=O)NC(N)=O)c2ccccc2)c2cccs2)cc1. The van der Waals surface area contributed by atoms with Gasteiger partial charge < -0.3 is 5.73 Å². The molecule has 0 bridgehead atoms. The molecule has 2 aromatic carbocycles. The summed E-state index contributed by atoms with van der Waals surface area (Å²) in [5, 5.41) is 7.67. The van der Waals surface area contributed by atoms with Crippen molar-refractivity contribution in [3.8, 4) is 0 Å². The zero-order chi connectivity index (χ0) is 21.5. The molecule has 3 amide bonds. The van der Waals surface area contributed by atoms with Gasteiger partial charge in [0.2, 0.25) is 5.91 Å². The van der Waals surface area contributed by atoms with E-state index in [4.69, 9.17) is 5.73 Å². The Labute approximate surface area is 181 Å². The highest BCUT2D eigenvalue weighted by Gasteiger charge is 2.27. The molecule has 156 valence electrons. The second-order valence-electron chi connectivity index (χ2n) is 7.65. The first-order valence-corrected chi connectivity index (χ1v) is 10.9. The van der Waals surface area contributed by atoms with Crippen LogP contribution in [0.3, 0.4) is 0 Å². The Morgan fingerprint density at radius 1 is 0.933 bits per heavy atom. The number of benzene rings is 2. The Morgan fingerprint density at radius 2 is 1.63 bits per heavy atom. The molecule has 0 spiro atoms. The number of imide groups is 1. The first-order valence-electron chi connectivity index (χ1n) is 9.97. The van der Waals surface area contributed by atoms with Crippen molar-refractivity contribution in [2.45, 2.75) is 32.4 Å². The van der Waals surface area contributed by atoms with Gasteiger partial charge in [-0.1, -0.05) is 74.5 Å². The van der Waals surface area contributed by atoms with Gasteiger partial charge in [-0.15, -0.1) is 11.3 Å². The van der Waals surface area contributed by atoms with Gasteiger partial charge in [-0.3, -0.25) is 15.4 Å². The van der Waals surface area contributed by atoms with Crippen molar-refractivity contribution in [1.82, 2.24) is 10.6 Å². The molecule has 1 aromatic heterocycles. The van der Waals surface area contributed by atoms with E-state index in [0.717, 1.165) is 22.4 Å². The highest BCUT2D eigenvalue weighted by atomic mass is 32.1. The minimum atomic E-state index is -0.867. The number of primary amides is 1. The Morgan fingerprint density at radius 3 is 2.20 bits per heavy atom. The standard InChI is InChI=1S/C24H27N3O2S/c1-16(2)15-17-10-12-19(13-11-17)21(20-9-6-14-30-20)26-22(23(28)27-24(25)29)18-7-4-3-5-8-18/h3-14,16,21-22,26H,15H2,1-2H3,(H3,25,27,28,29)/t21-,22-/m0/s1. The summed E-state index contributed by atoms with van der Waals surface area (Å²) in [4.78, 5) is 25.2. The minimum Gasteiger partial charge on any atom is -0.351 e. The van der Waals surface area contributed by atoms with Crippen LogP contribution in [0, 0.1) is 5.92 Å². The van der Waals surface area contributed by atoms with E-state index < -0.39 is 18.0 Å². The summed E-state index contributed by atoms with van der Waals surface area (Å²) in [5.74, 6) is 0.105. The van der Waals surface area contributed by atoms with Gasteiger partial charge >= 0.3 is 6.03 Å². The molecule has 30 heavy (non-hydrogen) atoms. The van der Waals surface area contributed by atoms with Crippen LogP contribution in [0.1, 0.15) is 47.5 Å². The molecule has 1 heterocycles. The molecule has 4 N–H and O–H groups in total. The predicted molar refractivity (Wildman–Crippen MR) is 121 cm³/mol. The molecular formula is C24H27N3O2S. The largest absolute Gasteiger partial charge is 0.351 e. The quantitative estimate of drug-likeness (QED) is 0.498. The molecule has 3 rings (SSSR count). The lowest BCUT2D eigenvalue weighted by molar-refractivity contribution is -0.122. The van der Waals surface area contributed by atoms with Crippen LogP contribution < -0.4 is 16.4 Å². The molecule has 0 fully saturated rings. The molecule has 0 saturated heterocycles. The average Bonchev–Trinajstić information content (AvgIpc) is 3.24. The lowest BCUT2D eigenvalue weighted by atomic mass is 9.97. The Bertz CT molecular complexity index is 954. The van der Waals surface area contributed by atoms with Gasteiger partial charge in [-0.05, 0) is 40.5 Å². The predicted octanol–water partition coefficient (Wildman–Crippen LogP) is 4.56. The van der Waals surface area contributed by atoms with Crippen molar-refractivity contribution >= 4 is 23.3 Å². The lowest BCUT2D eigenvalue weighted by Gasteiger charge is -2.25. The molecule has 0 unspecified atom stereocenters. The van der Waals surface area contributed by atoms with Crippen molar-refractivity contribution < 1.29 is 9.59 Å². The molecule has 3 aromatic rings. The van der Waals surface area contributed by atoms with Gasteiger partial charge in [0.05, 0.1) is 6.04 Å². The van der Waals surface area contributed by atoms with Crippen molar-refractivity contribution in [2.24, 2.45) is 11.7 Å². The van der Waals surface area contributed by atoms with Crippen LogP contribution in [-0.4, -0.2) is 11.9 Å². The number of urea groups is 1. The Hall–Kier alpha value is -2.96.